The zero-order chi connectivity index (χ0) is 13.1. The van der Waals surface area contributed by atoms with Gasteiger partial charge in [-0.25, -0.2) is 4.39 Å². The lowest BCUT2D eigenvalue weighted by molar-refractivity contribution is 0.298. The fourth-order valence-electron chi connectivity index (χ4n) is 1.43. The highest BCUT2D eigenvalue weighted by molar-refractivity contribution is 9.10. The molecular weight excluding hydrogens is 321 g/mol. The number of hydrogen-bond donors (Lipinski definition) is 1. The van der Waals surface area contributed by atoms with E-state index in [9.17, 15) is 4.39 Å². The summed E-state index contributed by atoms with van der Waals surface area (Å²) in [7, 11) is 0. The van der Waals surface area contributed by atoms with E-state index in [1.54, 1.807) is 30.3 Å². The van der Waals surface area contributed by atoms with E-state index in [1.165, 1.54) is 6.07 Å². The predicted octanol–water partition coefficient (Wildman–Crippen LogP) is 4.40. The molecule has 2 N–H and O–H groups in total. The fraction of sp³-hybridized carbons (Fsp3) is 0.0769. The summed E-state index contributed by atoms with van der Waals surface area (Å²) in [5.74, 6) is 0.187. The Kier molecular flexibility index (Phi) is 4.09. The van der Waals surface area contributed by atoms with Crippen molar-refractivity contribution in [2.75, 3.05) is 5.73 Å². The van der Waals surface area contributed by atoms with Gasteiger partial charge in [0.15, 0.2) is 0 Å². The Morgan fingerprint density at radius 2 is 2.06 bits per heavy atom. The highest BCUT2D eigenvalue weighted by Gasteiger charge is 2.07. The average molecular weight is 331 g/mol. The SMILES string of the molecule is Nc1cccc(OCc2ccc(Cl)cc2F)c1Br. The van der Waals surface area contributed by atoms with Crippen LogP contribution in [-0.2, 0) is 6.61 Å². The molecule has 0 aliphatic carbocycles. The van der Waals surface area contributed by atoms with Crippen molar-refractivity contribution in [3.05, 3.63) is 57.3 Å². The Bertz CT molecular complexity index is 577. The second kappa shape index (κ2) is 5.59. The summed E-state index contributed by atoms with van der Waals surface area (Å²) in [6.45, 7) is 0.116. The van der Waals surface area contributed by atoms with Gasteiger partial charge in [-0.2, -0.15) is 0 Å². The number of benzene rings is 2. The van der Waals surface area contributed by atoms with Gasteiger partial charge in [0.2, 0.25) is 0 Å². The number of nitrogens with two attached hydrogens (primary N) is 1. The third-order valence-electron chi connectivity index (χ3n) is 2.39. The lowest BCUT2D eigenvalue weighted by atomic mass is 10.2. The Morgan fingerprint density at radius 1 is 1.28 bits per heavy atom. The van der Waals surface area contributed by atoms with Crippen LogP contribution in [0.5, 0.6) is 5.75 Å². The van der Waals surface area contributed by atoms with Gasteiger partial charge in [0.05, 0.1) is 4.47 Å². The quantitative estimate of drug-likeness (QED) is 0.846. The molecular formula is C13H10BrClFNO. The van der Waals surface area contributed by atoms with Crippen molar-refractivity contribution >= 4 is 33.2 Å². The van der Waals surface area contributed by atoms with Gasteiger partial charge in [0.1, 0.15) is 18.2 Å². The summed E-state index contributed by atoms with van der Waals surface area (Å²) in [5, 5.41) is 0.362. The molecule has 0 atom stereocenters. The zero-order valence-corrected chi connectivity index (χ0v) is 11.6. The number of nitrogen functional groups attached to an aromatic ring is 1. The summed E-state index contributed by atoms with van der Waals surface area (Å²) >= 11 is 8.99. The van der Waals surface area contributed by atoms with Gasteiger partial charge in [0, 0.05) is 16.3 Å². The van der Waals surface area contributed by atoms with Gasteiger partial charge in [-0.15, -0.1) is 0 Å². The van der Waals surface area contributed by atoms with Crippen molar-refractivity contribution in [3.8, 4) is 5.75 Å². The van der Waals surface area contributed by atoms with Crippen molar-refractivity contribution in [2.45, 2.75) is 6.61 Å². The molecule has 2 rings (SSSR count). The van der Waals surface area contributed by atoms with E-state index in [2.05, 4.69) is 15.9 Å². The maximum absolute atomic E-state index is 13.5. The van der Waals surface area contributed by atoms with Crippen LogP contribution in [0.2, 0.25) is 5.02 Å². The predicted molar refractivity (Wildman–Crippen MR) is 74.3 cm³/mol. The molecule has 0 heterocycles. The van der Waals surface area contributed by atoms with Gasteiger partial charge in [0.25, 0.3) is 0 Å². The molecule has 0 bridgehead atoms. The van der Waals surface area contributed by atoms with E-state index in [0.29, 0.717) is 26.5 Å². The molecule has 0 aliphatic rings. The molecule has 5 heteroatoms. The first-order valence-electron chi connectivity index (χ1n) is 5.18. The molecule has 2 aromatic carbocycles. The van der Waals surface area contributed by atoms with Gasteiger partial charge in [-0.3, -0.25) is 0 Å². The maximum Gasteiger partial charge on any atom is 0.136 e. The van der Waals surface area contributed by atoms with Crippen molar-refractivity contribution in [2.24, 2.45) is 0 Å². The van der Waals surface area contributed by atoms with E-state index in [-0.39, 0.29) is 12.4 Å². The fourth-order valence-corrected chi connectivity index (χ4v) is 1.97. The summed E-state index contributed by atoms with van der Waals surface area (Å²) in [6.07, 6.45) is 0. The maximum atomic E-state index is 13.5. The van der Waals surface area contributed by atoms with E-state index in [4.69, 9.17) is 22.1 Å². The molecule has 2 nitrogen and oxygen atoms in total. The van der Waals surface area contributed by atoms with Crippen LogP contribution >= 0.6 is 27.5 Å². The van der Waals surface area contributed by atoms with E-state index in [1.807, 2.05) is 0 Å². The number of ether oxygens (including phenoxy) is 1. The van der Waals surface area contributed by atoms with Crippen LogP contribution < -0.4 is 10.5 Å². The topological polar surface area (TPSA) is 35.2 Å². The third kappa shape index (κ3) is 2.94. The minimum atomic E-state index is -0.387. The number of anilines is 1. The average Bonchev–Trinajstić information content (AvgIpc) is 2.33. The summed E-state index contributed by atoms with van der Waals surface area (Å²) in [6, 6.07) is 9.76. The molecule has 0 amide bonds. The Morgan fingerprint density at radius 3 is 2.78 bits per heavy atom. The Labute approximate surface area is 118 Å². The van der Waals surface area contributed by atoms with Crippen molar-refractivity contribution in [3.63, 3.8) is 0 Å². The number of rotatable bonds is 3. The van der Waals surface area contributed by atoms with E-state index < -0.39 is 0 Å². The normalized spacial score (nSPS) is 10.4. The van der Waals surface area contributed by atoms with E-state index >= 15 is 0 Å². The van der Waals surface area contributed by atoms with Crippen LogP contribution in [-0.4, -0.2) is 0 Å². The smallest absolute Gasteiger partial charge is 0.136 e. The molecule has 2 aromatic rings. The largest absolute Gasteiger partial charge is 0.488 e. The van der Waals surface area contributed by atoms with Crippen LogP contribution in [0.4, 0.5) is 10.1 Å². The minimum Gasteiger partial charge on any atom is -0.488 e. The summed E-state index contributed by atoms with van der Waals surface area (Å²) in [4.78, 5) is 0. The first-order valence-corrected chi connectivity index (χ1v) is 6.35. The first-order chi connectivity index (χ1) is 8.58. The minimum absolute atomic E-state index is 0.116. The zero-order valence-electron chi connectivity index (χ0n) is 9.29. The molecule has 0 radical (unpaired) electrons. The Balaban J connectivity index is 2.14. The van der Waals surface area contributed by atoms with Crippen LogP contribution in [0.25, 0.3) is 0 Å². The lowest BCUT2D eigenvalue weighted by Crippen LogP contribution is -2.00. The second-order valence-electron chi connectivity index (χ2n) is 3.68. The first kappa shape index (κ1) is 13.2. The molecule has 94 valence electrons. The molecule has 0 fully saturated rings. The number of halogens is 3. The summed E-state index contributed by atoms with van der Waals surface area (Å²) in [5.41, 5.74) is 6.73. The second-order valence-corrected chi connectivity index (χ2v) is 4.91. The highest BCUT2D eigenvalue weighted by Crippen LogP contribution is 2.31. The van der Waals surface area contributed by atoms with Gasteiger partial charge >= 0.3 is 0 Å². The monoisotopic (exact) mass is 329 g/mol. The Hall–Kier alpha value is -1.26. The molecule has 0 saturated carbocycles. The molecule has 0 spiro atoms. The van der Waals surface area contributed by atoms with Gasteiger partial charge < -0.3 is 10.5 Å². The summed E-state index contributed by atoms with van der Waals surface area (Å²) < 4.78 is 19.7. The third-order valence-corrected chi connectivity index (χ3v) is 3.48. The highest BCUT2D eigenvalue weighted by atomic mass is 79.9. The molecule has 18 heavy (non-hydrogen) atoms. The van der Waals surface area contributed by atoms with E-state index in [0.717, 1.165) is 0 Å². The molecule has 0 aliphatic heterocycles. The van der Waals surface area contributed by atoms with Crippen molar-refractivity contribution in [1.29, 1.82) is 0 Å². The standard InChI is InChI=1S/C13H10BrClFNO/c14-13-11(17)2-1-3-12(13)18-7-8-4-5-9(15)6-10(8)16/h1-6H,7,17H2. The van der Waals surface area contributed by atoms with Crippen LogP contribution in [0.3, 0.4) is 0 Å². The lowest BCUT2D eigenvalue weighted by Gasteiger charge is -2.10. The molecule has 0 unspecified atom stereocenters. The van der Waals surface area contributed by atoms with Crippen molar-refractivity contribution in [1.82, 2.24) is 0 Å². The molecule has 0 saturated heterocycles. The van der Waals surface area contributed by atoms with Gasteiger partial charge in [-0.1, -0.05) is 23.7 Å². The van der Waals surface area contributed by atoms with Gasteiger partial charge in [-0.05, 0) is 40.2 Å². The number of hydrogen-bond acceptors (Lipinski definition) is 2. The molecule has 0 aromatic heterocycles. The van der Waals surface area contributed by atoms with Crippen LogP contribution in [0, 0.1) is 5.82 Å². The van der Waals surface area contributed by atoms with Crippen molar-refractivity contribution < 1.29 is 9.13 Å². The van der Waals surface area contributed by atoms with Crippen LogP contribution in [0.15, 0.2) is 40.9 Å². The van der Waals surface area contributed by atoms with Crippen LogP contribution in [0.1, 0.15) is 5.56 Å².